The highest BCUT2D eigenvalue weighted by Gasteiger charge is 2.33. The van der Waals surface area contributed by atoms with E-state index in [0.29, 0.717) is 6.04 Å². The molecular weight excluding hydrogens is 254 g/mol. The Kier molecular flexibility index (Phi) is 6.27. The fourth-order valence-corrected chi connectivity index (χ4v) is 2.54. The fourth-order valence-electron chi connectivity index (χ4n) is 2.54. The standard InChI is InChI=1S/C15H31N3O2/c1-12-11-18(14(19)20-15(3,4)5)13(2)10-17(12)9-7-8-16-6/h12-13,16H,7-11H2,1-6H3/t12-,13+/m1/s1. The predicted octanol–water partition coefficient (Wildman–Crippen LogP) is 1.93. The van der Waals surface area contributed by atoms with Crippen LogP contribution in [0.2, 0.25) is 0 Å². The summed E-state index contributed by atoms with van der Waals surface area (Å²) in [7, 11) is 1.98. The van der Waals surface area contributed by atoms with Crippen molar-refractivity contribution >= 4 is 6.09 Å². The molecule has 1 amide bonds. The van der Waals surface area contributed by atoms with Crippen molar-refractivity contribution < 1.29 is 9.53 Å². The minimum Gasteiger partial charge on any atom is -0.444 e. The third-order valence-corrected chi connectivity index (χ3v) is 3.62. The molecule has 5 nitrogen and oxygen atoms in total. The SMILES string of the molecule is CNCCCN1C[C@H](C)N(C(=O)OC(C)(C)C)C[C@H]1C. The lowest BCUT2D eigenvalue weighted by molar-refractivity contribution is -0.0101. The van der Waals surface area contributed by atoms with Crippen LogP contribution in [0.5, 0.6) is 0 Å². The Bertz CT molecular complexity index is 315. The van der Waals surface area contributed by atoms with Gasteiger partial charge in [-0.15, -0.1) is 0 Å². The molecule has 1 rings (SSSR count). The number of ether oxygens (including phenoxy) is 1. The molecular formula is C15H31N3O2. The van der Waals surface area contributed by atoms with E-state index in [-0.39, 0.29) is 12.1 Å². The number of piperazine rings is 1. The van der Waals surface area contributed by atoms with Crippen LogP contribution in [0.15, 0.2) is 0 Å². The van der Waals surface area contributed by atoms with Gasteiger partial charge >= 0.3 is 6.09 Å². The smallest absolute Gasteiger partial charge is 0.410 e. The van der Waals surface area contributed by atoms with Crippen molar-refractivity contribution in [2.75, 3.05) is 33.2 Å². The first-order valence-electron chi connectivity index (χ1n) is 7.63. The van der Waals surface area contributed by atoms with Crippen LogP contribution in [0, 0.1) is 0 Å². The Morgan fingerprint density at radius 3 is 2.45 bits per heavy atom. The Morgan fingerprint density at radius 1 is 1.25 bits per heavy atom. The van der Waals surface area contributed by atoms with Crippen molar-refractivity contribution in [2.24, 2.45) is 0 Å². The van der Waals surface area contributed by atoms with Crippen LogP contribution in [-0.4, -0.2) is 66.8 Å². The van der Waals surface area contributed by atoms with E-state index < -0.39 is 5.60 Å². The van der Waals surface area contributed by atoms with Crippen LogP contribution >= 0.6 is 0 Å². The second-order valence-electron chi connectivity index (χ2n) is 6.78. The summed E-state index contributed by atoms with van der Waals surface area (Å²) < 4.78 is 5.49. The first-order valence-corrected chi connectivity index (χ1v) is 7.63. The van der Waals surface area contributed by atoms with Gasteiger partial charge in [0.1, 0.15) is 5.60 Å². The van der Waals surface area contributed by atoms with Crippen LogP contribution in [0.3, 0.4) is 0 Å². The van der Waals surface area contributed by atoms with Crippen molar-refractivity contribution in [1.29, 1.82) is 0 Å². The molecule has 1 aliphatic rings. The van der Waals surface area contributed by atoms with Crippen molar-refractivity contribution in [3.63, 3.8) is 0 Å². The number of carbonyl (C=O) groups excluding carboxylic acids is 1. The second-order valence-corrected chi connectivity index (χ2v) is 6.78. The molecule has 0 aliphatic carbocycles. The monoisotopic (exact) mass is 285 g/mol. The van der Waals surface area contributed by atoms with Crippen LogP contribution < -0.4 is 5.32 Å². The topological polar surface area (TPSA) is 44.8 Å². The molecule has 2 atom stereocenters. The summed E-state index contributed by atoms with van der Waals surface area (Å²) in [4.78, 5) is 16.5. The number of nitrogens with zero attached hydrogens (tertiary/aromatic N) is 2. The number of hydrogen-bond donors (Lipinski definition) is 1. The van der Waals surface area contributed by atoms with E-state index in [2.05, 4.69) is 24.1 Å². The van der Waals surface area contributed by atoms with Gasteiger partial charge in [-0.2, -0.15) is 0 Å². The maximum absolute atomic E-state index is 12.2. The van der Waals surface area contributed by atoms with Gasteiger partial charge in [-0.3, -0.25) is 4.90 Å². The van der Waals surface area contributed by atoms with Gasteiger partial charge in [-0.25, -0.2) is 4.79 Å². The summed E-state index contributed by atoms with van der Waals surface area (Å²) in [5.41, 5.74) is -0.427. The molecule has 1 saturated heterocycles. The molecule has 0 aromatic rings. The summed E-state index contributed by atoms with van der Waals surface area (Å²) in [6, 6.07) is 0.589. The third-order valence-electron chi connectivity index (χ3n) is 3.62. The number of nitrogens with one attached hydrogen (secondary N) is 1. The van der Waals surface area contributed by atoms with Gasteiger partial charge < -0.3 is 15.0 Å². The predicted molar refractivity (Wildman–Crippen MR) is 82.0 cm³/mol. The van der Waals surface area contributed by atoms with E-state index in [4.69, 9.17) is 4.74 Å². The molecule has 0 spiro atoms. The average molecular weight is 285 g/mol. The molecule has 0 unspecified atom stereocenters. The summed E-state index contributed by atoms with van der Waals surface area (Å²) in [5.74, 6) is 0. The molecule has 1 heterocycles. The highest BCUT2D eigenvalue weighted by atomic mass is 16.6. The highest BCUT2D eigenvalue weighted by Crippen LogP contribution is 2.19. The molecule has 118 valence electrons. The first kappa shape index (κ1) is 17.2. The van der Waals surface area contributed by atoms with Gasteiger partial charge in [0.2, 0.25) is 0 Å². The second kappa shape index (κ2) is 7.27. The molecule has 1 fully saturated rings. The molecule has 1 N–H and O–H groups in total. The number of hydrogen-bond acceptors (Lipinski definition) is 4. The maximum atomic E-state index is 12.2. The lowest BCUT2D eigenvalue weighted by atomic mass is 10.1. The molecule has 0 aromatic heterocycles. The molecule has 0 saturated carbocycles. The van der Waals surface area contributed by atoms with Gasteiger partial charge in [0.25, 0.3) is 0 Å². The summed E-state index contributed by atoms with van der Waals surface area (Å²) in [5, 5.41) is 3.17. The minimum atomic E-state index is -0.427. The molecule has 1 aliphatic heterocycles. The van der Waals surface area contributed by atoms with Crippen molar-refractivity contribution in [1.82, 2.24) is 15.1 Å². The quantitative estimate of drug-likeness (QED) is 0.802. The number of amides is 1. The van der Waals surface area contributed by atoms with Gasteiger partial charge in [0.15, 0.2) is 0 Å². The molecule has 0 radical (unpaired) electrons. The van der Waals surface area contributed by atoms with Crippen LogP contribution in [0.4, 0.5) is 4.79 Å². The molecule has 5 heteroatoms. The number of rotatable bonds is 4. The Balaban J connectivity index is 2.53. The van der Waals surface area contributed by atoms with Crippen LogP contribution in [0.1, 0.15) is 41.0 Å². The van der Waals surface area contributed by atoms with Crippen molar-refractivity contribution in [3.05, 3.63) is 0 Å². The van der Waals surface area contributed by atoms with E-state index in [1.165, 1.54) is 0 Å². The Morgan fingerprint density at radius 2 is 1.90 bits per heavy atom. The zero-order chi connectivity index (χ0) is 15.3. The zero-order valence-corrected chi connectivity index (χ0v) is 13.9. The molecule has 0 aromatic carbocycles. The Hall–Kier alpha value is -0.810. The zero-order valence-electron chi connectivity index (χ0n) is 13.9. The fraction of sp³-hybridized carbons (Fsp3) is 0.933. The third kappa shape index (κ3) is 5.29. The maximum Gasteiger partial charge on any atom is 0.410 e. The largest absolute Gasteiger partial charge is 0.444 e. The first-order chi connectivity index (χ1) is 9.24. The van der Waals surface area contributed by atoms with E-state index >= 15 is 0 Å². The number of carbonyl (C=O) groups is 1. The van der Waals surface area contributed by atoms with E-state index in [1.807, 2.05) is 32.7 Å². The van der Waals surface area contributed by atoms with E-state index in [9.17, 15) is 4.79 Å². The average Bonchev–Trinajstić information content (AvgIpc) is 2.31. The van der Waals surface area contributed by atoms with Crippen LogP contribution in [-0.2, 0) is 4.74 Å². The lowest BCUT2D eigenvalue weighted by Crippen LogP contribution is -2.58. The van der Waals surface area contributed by atoms with Gasteiger partial charge in [0, 0.05) is 25.2 Å². The van der Waals surface area contributed by atoms with E-state index in [0.717, 1.165) is 32.6 Å². The van der Waals surface area contributed by atoms with Gasteiger partial charge in [-0.05, 0) is 61.2 Å². The van der Waals surface area contributed by atoms with E-state index in [1.54, 1.807) is 0 Å². The highest BCUT2D eigenvalue weighted by molar-refractivity contribution is 5.68. The summed E-state index contributed by atoms with van der Waals surface area (Å²) >= 11 is 0. The molecule has 20 heavy (non-hydrogen) atoms. The van der Waals surface area contributed by atoms with Crippen molar-refractivity contribution in [2.45, 2.75) is 58.7 Å². The molecule has 0 bridgehead atoms. The van der Waals surface area contributed by atoms with Gasteiger partial charge in [0.05, 0.1) is 0 Å². The summed E-state index contributed by atoms with van der Waals surface area (Å²) in [6.07, 6.45) is 0.951. The van der Waals surface area contributed by atoms with Gasteiger partial charge in [-0.1, -0.05) is 0 Å². The van der Waals surface area contributed by atoms with Crippen LogP contribution in [0.25, 0.3) is 0 Å². The lowest BCUT2D eigenvalue weighted by Gasteiger charge is -2.44. The Labute approximate surface area is 123 Å². The normalized spacial score (nSPS) is 24.8. The minimum absolute atomic E-state index is 0.188. The summed E-state index contributed by atoms with van der Waals surface area (Å²) in [6.45, 7) is 13.8. The van der Waals surface area contributed by atoms with Crippen molar-refractivity contribution in [3.8, 4) is 0 Å².